The van der Waals surface area contributed by atoms with Gasteiger partial charge in [-0.05, 0) is 31.5 Å². The molecule has 7 nitrogen and oxygen atoms in total. The first-order valence-electron chi connectivity index (χ1n) is 6.67. The van der Waals surface area contributed by atoms with Crippen LogP contribution < -0.4 is 10.6 Å². The Morgan fingerprint density at radius 2 is 2.19 bits per heavy atom. The number of nitro groups is 1. The molecule has 21 heavy (non-hydrogen) atoms. The van der Waals surface area contributed by atoms with Crippen LogP contribution in [0.4, 0.5) is 17.3 Å². The van der Waals surface area contributed by atoms with Gasteiger partial charge in [0.15, 0.2) is 0 Å². The van der Waals surface area contributed by atoms with E-state index in [2.05, 4.69) is 20.6 Å². The lowest BCUT2D eigenvalue weighted by Crippen LogP contribution is -2.11. The third-order valence-corrected chi connectivity index (χ3v) is 2.97. The summed E-state index contributed by atoms with van der Waals surface area (Å²) in [6.45, 7) is 4.54. The molecule has 0 bridgehead atoms. The number of anilines is 2. The van der Waals surface area contributed by atoms with Gasteiger partial charge in [0, 0.05) is 25.0 Å². The maximum absolute atomic E-state index is 11.1. The minimum Gasteiger partial charge on any atom is -0.370 e. The highest BCUT2D eigenvalue weighted by molar-refractivity contribution is 5.60. The van der Waals surface area contributed by atoms with Gasteiger partial charge in [0.25, 0.3) is 0 Å². The topological polar surface area (TPSA) is 93.0 Å². The van der Waals surface area contributed by atoms with E-state index in [1.54, 1.807) is 18.5 Å². The van der Waals surface area contributed by atoms with Crippen molar-refractivity contribution in [3.63, 3.8) is 0 Å². The number of rotatable bonds is 6. The van der Waals surface area contributed by atoms with Gasteiger partial charge in [0.1, 0.15) is 5.82 Å². The van der Waals surface area contributed by atoms with Gasteiger partial charge in [-0.25, -0.2) is 4.98 Å². The van der Waals surface area contributed by atoms with Gasteiger partial charge in [-0.1, -0.05) is 6.07 Å². The van der Waals surface area contributed by atoms with Crippen LogP contribution in [0.1, 0.15) is 25.5 Å². The molecular weight excluding hydrogens is 270 g/mol. The van der Waals surface area contributed by atoms with Crippen LogP contribution in [0.5, 0.6) is 0 Å². The summed E-state index contributed by atoms with van der Waals surface area (Å²) in [7, 11) is 0. The van der Waals surface area contributed by atoms with Gasteiger partial charge in [0.2, 0.25) is 5.82 Å². The summed E-state index contributed by atoms with van der Waals surface area (Å²) in [6, 6.07) is 6.64. The van der Waals surface area contributed by atoms with Gasteiger partial charge in [-0.2, -0.15) is 0 Å². The SMILES string of the molecule is CCNc1ccc([N+](=O)[O-])c(NC(C)c2cccnc2)n1. The number of nitrogens with one attached hydrogen (secondary N) is 2. The minimum atomic E-state index is -0.443. The lowest BCUT2D eigenvalue weighted by Gasteiger charge is -2.15. The fourth-order valence-corrected chi connectivity index (χ4v) is 1.91. The number of nitrogens with zero attached hydrogens (tertiary/aromatic N) is 3. The quantitative estimate of drug-likeness (QED) is 0.626. The lowest BCUT2D eigenvalue weighted by atomic mass is 10.1. The van der Waals surface area contributed by atoms with Crippen molar-refractivity contribution in [2.45, 2.75) is 19.9 Å². The van der Waals surface area contributed by atoms with Gasteiger partial charge >= 0.3 is 5.69 Å². The highest BCUT2D eigenvalue weighted by atomic mass is 16.6. The zero-order valence-electron chi connectivity index (χ0n) is 11.9. The second-order valence-electron chi connectivity index (χ2n) is 4.50. The van der Waals surface area contributed by atoms with Crippen molar-refractivity contribution in [1.29, 1.82) is 0 Å². The summed E-state index contributed by atoms with van der Waals surface area (Å²) >= 11 is 0. The van der Waals surface area contributed by atoms with E-state index in [1.165, 1.54) is 6.07 Å². The maximum atomic E-state index is 11.1. The van der Waals surface area contributed by atoms with Crippen LogP contribution in [0.2, 0.25) is 0 Å². The monoisotopic (exact) mass is 287 g/mol. The van der Waals surface area contributed by atoms with Crippen LogP contribution in [0.3, 0.4) is 0 Å². The summed E-state index contributed by atoms with van der Waals surface area (Å²) < 4.78 is 0. The Labute approximate surface area is 122 Å². The highest BCUT2D eigenvalue weighted by Crippen LogP contribution is 2.27. The van der Waals surface area contributed by atoms with Crippen molar-refractivity contribution in [2.75, 3.05) is 17.2 Å². The molecule has 0 spiro atoms. The molecule has 2 aromatic rings. The Bertz CT molecular complexity index is 618. The van der Waals surface area contributed by atoms with E-state index in [0.717, 1.165) is 5.56 Å². The molecule has 0 fully saturated rings. The molecule has 110 valence electrons. The fraction of sp³-hybridized carbons (Fsp3) is 0.286. The van der Waals surface area contributed by atoms with Crippen LogP contribution in [-0.2, 0) is 0 Å². The molecule has 2 aromatic heterocycles. The standard InChI is InChI=1S/C14H17N5O2/c1-3-16-13-7-6-12(19(20)21)14(18-13)17-10(2)11-5-4-8-15-9-11/h4-10H,3H2,1-2H3,(H2,16,17,18). The summed E-state index contributed by atoms with van der Waals surface area (Å²) in [4.78, 5) is 19.0. The van der Waals surface area contributed by atoms with Crippen molar-refractivity contribution >= 4 is 17.3 Å². The molecule has 0 saturated heterocycles. The molecule has 0 aromatic carbocycles. The van der Waals surface area contributed by atoms with Gasteiger partial charge in [-0.3, -0.25) is 15.1 Å². The summed E-state index contributed by atoms with van der Waals surface area (Å²) in [6.07, 6.45) is 3.40. The summed E-state index contributed by atoms with van der Waals surface area (Å²) in [5.74, 6) is 0.846. The number of aromatic nitrogens is 2. The van der Waals surface area contributed by atoms with Gasteiger partial charge < -0.3 is 10.6 Å². The van der Waals surface area contributed by atoms with Crippen LogP contribution in [0.25, 0.3) is 0 Å². The Balaban J connectivity index is 2.28. The predicted molar refractivity (Wildman–Crippen MR) is 81.3 cm³/mol. The molecule has 2 heterocycles. The van der Waals surface area contributed by atoms with E-state index >= 15 is 0 Å². The van der Waals surface area contributed by atoms with Crippen LogP contribution >= 0.6 is 0 Å². The zero-order chi connectivity index (χ0) is 15.2. The molecule has 2 N–H and O–H groups in total. The lowest BCUT2D eigenvalue weighted by molar-refractivity contribution is -0.384. The van der Waals surface area contributed by atoms with Gasteiger partial charge in [-0.15, -0.1) is 0 Å². The molecule has 1 atom stereocenters. The van der Waals surface area contributed by atoms with Crippen molar-refractivity contribution in [1.82, 2.24) is 9.97 Å². The molecule has 0 aliphatic carbocycles. The highest BCUT2D eigenvalue weighted by Gasteiger charge is 2.18. The van der Waals surface area contributed by atoms with E-state index in [0.29, 0.717) is 12.4 Å². The minimum absolute atomic E-state index is 0.0487. The van der Waals surface area contributed by atoms with Crippen LogP contribution in [0, 0.1) is 10.1 Å². The third-order valence-electron chi connectivity index (χ3n) is 2.97. The average Bonchev–Trinajstić information content (AvgIpc) is 2.48. The van der Waals surface area contributed by atoms with Crippen molar-refractivity contribution in [3.8, 4) is 0 Å². The molecule has 0 aliphatic heterocycles. The molecule has 0 saturated carbocycles. The molecule has 0 amide bonds. The molecule has 0 radical (unpaired) electrons. The first-order chi connectivity index (χ1) is 10.1. The van der Waals surface area contributed by atoms with Crippen molar-refractivity contribution < 1.29 is 4.92 Å². The third kappa shape index (κ3) is 3.65. The molecule has 0 aliphatic rings. The summed E-state index contributed by atoms with van der Waals surface area (Å²) in [5.41, 5.74) is 0.884. The average molecular weight is 287 g/mol. The largest absolute Gasteiger partial charge is 0.370 e. The fourth-order valence-electron chi connectivity index (χ4n) is 1.91. The number of pyridine rings is 2. The number of hydrogen-bond acceptors (Lipinski definition) is 6. The molecule has 1 unspecified atom stereocenters. The Kier molecular flexibility index (Phi) is 4.65. The van der Waals surface area contributed by atoms with E-state index in [-0.39, 0.29) is 17.5 Å². The van der Waals surface area contributed by atoms with Crippen molar-refractivity contribution in [3.05, 3.63) is 52.3 Å². The first-order valence-corrected chi connectivity index (χ1v) is 6.67. The van der Waals surface area contributed by atoms with Crippen molar-refractivity contribution in [2.24, 2.45) is 0 Å². The number of hydrogen-bond donors (Lipinski definition) is 2. The maximum Gasteiger partial charge on any atom is 0.311 e. The van der Waals surface area contributed by atoms with E-state index < -0.39 is 4.92 Å². The predicted octanol–water partition coefficient (Wildman–Crippen LogP) is 2.99. The first kappa shape index (κ1) is 14.7. The molecule has 2 rings (SSSR count). The Hall–Kier alpha value is -2.70. The molecule has 7 heteroatoms. The normalized spacial score (nSPS) is 11.7. The van der Waals surface area contributed by atoms with Crippen LogP contribution in [-0.4, -0.2) is 21.4 Å². The summed E-state index contributed by atoms with van der Waals surface area (Å²) in [5, 5.41) is 17.2. The van der Waals surface area contributed by atoms with E-state index in [1.807, 2.05) is 26.0 Å². The Morgan fingerprint density at radius 1 is 1.38 bits per heavy atom. The Morgan fingerprint density at radius 3 is 2.81 bits per heavy atom. The second-order valence-corrected chi connectivity index (χ2v) is 4.50. The second kappa shape index (κ2) is 6.65. The van der Waals surface area contributed by atoms with Crippen LogP contribution in [0.15, 0.2) is 36.7 Å². The van der Waals surface area contributed by atoms with E-state index in [9.17, 15) is 10.1 Å². The van der Waals surface area contributed by atoms with Gasteiger partial charge in [0.05, 0.1) is 11.0 Å². The molecular formula is C14H17N5O2. The zero-order valence-corrected chi connectivity index (χ0v) is 11.9. The van der Waals surface area contributed by atoms with E-state index in [4.69, 9.17) is 0 Å². The smallest absolute Gasteiger partial charge is 0.311 e.